The van der Waals surface area contributed by atoms with Gasteiger partial charge in [-0.3, -0.25) is 4.90 Å². The molecule has 0 aromatic heterocycles. The maximum absolute atomic E-state index is 8.68. The van der Waals surface area contributed by atoms with E-state index in [1.54, 1.807) is 0 Å². The van der Waals surface area contributed by atoms with Crippen LogP contribution >= 0.6 is 12.6 Å². The van der Waals surface area contributed by atoms with Crippen molar-refractivity contribution >= 4 is 12.6 Å². The molecule has 2 nitrogen and oxygen atoms in total. The monoisotopic (exact) mass is 242 g/mol. The van der Waals surface area contributed by atoms with Crippen molar-refractivity contribution < 1.29 is 0 Å². The fourth-order valence-corrected chi connectivity index (χ4v) is 2.44. The Morgan fingerprint density at radius 2 is 1.88 bits per heavy atom. The first-order valence-corrected chi connectivity index (χ1v) is 6.90. The SMILES string of the molecule is CCC(CC)(CS)CN(CCC#N)C(C)C. The third-order valence-electron chi connectivity index (χ3n) is 3.62. The highest BCUT2D eigenvalue weighted by molar-refractivity contribution is 7.80. The van der Waals surface area contributed by atoms with E-state index < -0.39 is 0 Å². The second-order valence-corrected chi connectivity index (χ2v) is 5.15. The van der Waals surface area contributed by atoms with Crippen LogP contribution in [0.25, 0.3) is 0 Å². The van der Waals surface area contributed by atoms with Gasteiger partial charge in [0.05, 0.1) is 6.07 Å². The Labute approximate surface area is 106 Å². The van der Waals surface area contributed by atoms with E-state index in [0.29, 0.717) is 17.9 Å². The van der Waals surface area contributed by atoms with Crippen molar-refractivity contribution in [1.29, 1.82) is 5.26 Å². The summed E-state index contributed by atoms with van der Waals surface area (Å²) < 4.78 is 0. The van der Waals surface area contributed by atoms with Gasteiger partial charge >= 0.3 is 0 Å². The second-order valence-electron chi connectivity index (χ2n) is 4.84. The zero-order chi connectivity index (χ0) is 12.6. The van der Waals surface area contributed by atoms with Crippen molar-refractivity contribution in [3.05, 3.63) is 0 Å². The molecule has 0 radical (unpaired) electrons. The molecule has 0 unspecified atom stereocenters. The topological polar surface area (TPSA) is 27.0 Å². The molecular formula is C13H26N2S. The molecule has 0 bridgehead atoms. The normalized spacial score (nSPS) is 12.1. The standard InChI is InChI=1S/C13H26N2S/c1-5-13(6-2,11-16)10-15(12(3)4)9-7-8-14/h12,16H,5-7,9-11H2,1-4H3. The van der Waals surface area contributed by atoms with Crippen molar-refractivity contribution in [1.82, 2.24) is 4.90 Å². The highest BCUT2D eigenvalue weighted by Gasteiger charge is 2.28. The molecule has 0 N–H and O–H groups in total. The minimum absolute atomic E-state index is 0.308. The molecule has 0 heterocycles. The Kier molecular flexibility index (Phi) is 7.87. The van der Waals surface area contributed by atoms with E-state index >= 15 is 0 Å². The summed E-state index contributed by atoms with van der Waals surface area (Å²) in [4.78, 5) is 2.41. The lowest BCUT2D eigenvalue weighted by atomic mass is 9.83. The first-order chi connectivity index (χ1) is 7.55. The Bertz CT molecular complexity index is 208. The number of nitrogens with zero attached hydrogens (tertiary/aromatic N) is 2. The molecule has 94 valence electrons. The molecular weight excluding hydrogens is 216 g/mol. The number of rotatable bonds is 8. The zero-order valence-corrected chi connectivity index (χ0v) is 12.1. The van der Waals surface area contributed by atoms with Crippen LogP contribution in [0, 0.1) is 16.7 Å². The van der Waals surface area contributed by atoms with Gasteiger partial charge < -0.3 is 0 Å². The van der Waals surface area contributed by atoms with Crippen LogP contribution in [0.5, 0.6) is 0 Å². The molecule has 3 heteroatoms. The van der Waals surface area contributed by atoms with Crippen LogP contribution < -0.4 is 0 Å². The third-order valence-corrected chi connectivity index (χ3v) is 4.29. The predicted octanol–water partition coefficient (Wildman–Crippen LogP) is 3.35. The van der Waals surface area contributed by atoms with Crippen molar-refractivity contribution in [3.63, 3.8) is 0 Å². The average Bonchev–Trinajstić information content (AvgIpc) is 2.30. The lowest BCUT2D eigenvalue weighted by Gasteiger charge is -2.38. The number of hydrogen-bond donors (Lipinski definition) is 1. The van der Waals surface area contributed by atoms with E-state index in [4.69, 9.17) is 5.26 Å². The Morgan fingerprint density at radius 3 is 2.19 bits per heavy atom. The van der Waals surface area contributed by atoms with Gasteiger partial charge in [-0.05, 0) is 37.9 Å². The smallest absolute Gasteiger partial charge is 0.0635 e. The van der Waals surface area contributed by atoms with Crippen LogP contribution in [-0.4, -0.2) is 29.8 Å². The quantitative estimate of drug-likeness (QED) is 0.661. The largest absolute Gasteiger partial charge is 0.299 e. The highest BCUT2D eigenvalue weighted by atomic mass is 32.1. The van der Waals surface area contributed by atoms with Crippen LogP contribution in [-0.2, 0) is 0 Å². The molecule has 0 aliphatic rings. The van der Waals surface area contributed by atoms with E-state index in [-0.39, 0.29) is 0 Å². The molecule has 0 spiro atoms. The molecule has 0 rings (SSSR count). The molecule has 0 atom stereocenters. The van der Waals surface area contributed by atoms with Gasteiger partial charge in [0.25, 0.3) is 0 Å². The fourth-order valence-electron chi connectivity index (χ4n) is 1.89. The molecule has 0 aliphatic heterocycles. The molecule has 0 fully saturated rings. The van der Waals surface area contributed by atoms with Gasteiger partial charge in [-0.15, -0.1) is 0 Å². The summed E-state index contributed by atoms with van der Waals surface area (Å²) >= 11 is 4.50. The van der Waals surface area contributed by atoms with Crippen molar-refractivity contribution in [2.75, 3.05) is 18.8 Å². The van der Waals surface area contributed by atoms with E-state index in [0.717, 1.165) is 31.7 Å². The number of hydrogen-bond acceptors (Lipinski definition) is 3. The summed E-state index contributed by atoms with van der Waals surface area (Å²) in [6, 6.07) is 2.74. The van der Waals surface area contributed by atoms with Gasteiger partial charge in [0.15, 0.2) is 0 Å². The number of thiol groups is 1. The van der Waals surface area contributed by atoms with Gasteiger partial charge in [0.1, 0.15) is 0 Å². The molecule has 0 amide bonds. The highest BCUT2D eigenvalue weighted by Crippen LogP contribution is 2.29. The minimum atomic E-state index is 0.308. The number of nitriles is 1. The van der Waals surface area contributed by atoms with Crippen LogP contribution in [0.4, 0.5) is 0 Å². The Balaban J connectivity index is 4.51. The van der Waals surface area contributed by atoms with Crippen LogP contribution in [0.2, 0.25) is 0 Å². The van der Waals surface area contributed by atoms with E-state index in [1.165, 1.54) is 0 Å². The maximum Gasteiger partial charge on any atom is 0.0635 e. The lowest BCUT2D eigenvalue weighted by Crippen LogP contribution is -2.42. The molecule has 0 saturated heterocycles. The van der Waals surface area contributed by atoms with Gasteiger partial charge in [0.2, 0.25) is 0 Å². The summed E-state index contributed by atoms with van der Waals surface area (Å²) in [5.41, 5.74) is 0.308. The van der Waals surface area contributed by atoms with Crippen molar-refractivity contribution in [3.8, 4) is 6.07 Å². The van der Waals surface area contributed by atoms with Gasteiger partial charge in [-0.2, -0.15) is 17.9 Å². The average molecular weight is 242 g/mol. The molecule has 0 saturated carbocycles. The third kappa shape index (κ3) is 4.76. The molecule has 0 aliphatic carbocycles. The van der Waals surface area contributed by atoms with Gasteiger partial charge in [0, 0.05) is 25.6 Å². The summed E-state index contributed by atoms with van der Waals surface area (Å²) in [6.45, 7) is 10.8. The summed E-state index contributed by atoms with van der Waals surface area (Å²) in [5.74, 6) is 0.926. The van der Waals surface area contributed by atoms with Crippen LogP contribution in [0.3, 0.4) is 0 Å². The summed E-state index contributed by atoms with van der Waals surface area (Å²) in [5, 5.41) is 8.68. The van der Waals surface area contributed by atoms with Gasteiger partial charge in [-0.25, -0.2) is 0 Å². The van der Waals surface area contributed by atoms with Crippen molar-refractivity contribution in [2.45, 2.75) is 53.0 Å². The van der Waals surface area contributed by atoms with Crippen LogP contribution in [0.15, 0.2) is 0 Å². The van der Waals surface area contributed by atoms with Gasteiger partial charge in [-0.1, -0.05) is 13.8 Å². The van der Waals surface area contributed by atoms with Crippen molar-refractivity contribution in [2.24, 2.45) is 5.41 Å². The summed E-state index contributed by atoms with van der Waals surface area (Å²) in [6.07, 6.45) is 2.93. The minimum Gasteiger partial charge on any atom is -0.299 e. The Morgan fingerprint density at radius 1 is 1.31 bits per heavy atom. The lowest BCUT2D eigenvalue weighted by molar-refractivity contribution is 0.131. The van der Waals surface area contributed by atoms with E-state index in [1.807, 2.05) is 0 Å². The maximum atomic E-state index is 8.68. The first kappa shape index (κ1) is 15.8. The predicted molar refractivity (Wildman–Crippen MR) is 73.8 cm³/mol. The van der Waals surface area contributed by atoms with E-state index in [9.17, 15) is 0 Å². The Hall–Kier alpha value is -0.200. The fraction of sp³-hybridized carbons (Fsp3) is 0.923. The second kappa shape index (κ2) is 7.97. The van der Waals surface area contributed by atoms with Crippen LogP contribution in [0.1, 0.15) is 47.0 Å². The summed E-state index contributed by atoms with van der Waals surface area (Å²) in [7, 11) is 0. The molecule has 0 aromatic rings. The molecule has 0 aromatic carbocycles. The molecule has 16 heavy (non-hydrogen) atoms. The zero-order valence-electron chi connectivity index (χ0n) is 11.2. The van der Waals surface area contributed by atoms with E-state index in [2.05, 4.69) is 51.3 Å². The first-order valence-electron chi connectivity index (χ1n) is 6.27.